The van der Waals surface area contributed by atoms with E-state index in [-0.39, 0.29) is 16.9 Å². The maximum Gasteiger partial charge on any atom is 0.271 e. The van der Waals surface area contributed by atoms with E-state index in [1.54, 1.807) is 6.07 Å². The number of non-ortho nitro benzene ring substituents is 1. The second-order valence-corrected chi connectivity index (χ2v) is 5.83. The Balaban J connectivity index is 2.10. The molecule has 0 aromatic heterocycles. The first-order valence-corrected chi connectivity index (χ1v) is 7.75. The molecule has 0 spiro atoms. The van der Waals surface area contributed by atoms with Crippen LogP contribution in [0.25, 0.3) is 0 Å². The Morgan fingerprint density at radius 2 is 1.92 bits per heavy atom. The number of nitrogens with one attached hydrogen (secondary N) is 2. The fraction of sp³-hybridized carbons (Fsp3) is 0. The predicted molar refractivity (Wildman–Crippen MR) is 98.2 cm³/mol. The zero-order valence-corrected chi connectivity index (χ0v) is 14.4. The van der Waals surface area contributed by atoms with Crippen molar-refractivity contribution in [3.05, 3.63) is 74.0 Å². The van der Waals surface area contributed by atoms with E-state index in [0.717, 1.165) is 9.26 Å². The van der Waals surface area contributed by atoms with Crippen molar-refractivity contribution in [3.63, 3.8) is 0 Å². The molecule has 0 aliphatic carbocycles. The number of hydrogen-bond donors (Lipinski definition) is 2. The second kappa shape index (κ2) is 8.07. The molecule has 24 heavy (non-hydrogen) atoms. The summed E-state index contributed by atoms with van der Waals surface area (Å²) in [6.45, 7) is 0. The lowest BCUT2D eigenvalue weighted by Gasteiger charge is -2.05. The number of halogens is 1. The number of nitro benzene ring substituents is 1. The highest BCUT2D eigenvalue weighted by Gasteiger charge is 2.12. The lowest BCUT2D eigenvalue weighted by Crippen LogP contribution is -2.14. The highest BCUT2D eigenvalue weighted by Crippen LogP contribution is 2.18. The van der Waals surface area contributed by atoms with E-state index in [0.29, 0.717) is 0 Å². The first-order valence-electron chi connectivity index (χ1n) is 6.68. The maximum absolute atomic E-state index is 12.1. The third-order valence-electron chi connectivity index (χ3n) is 2.91. The summed E-state index contributed by atoms with van der Waals surface area (Å²) in [6, 6.07) is 14.7. The van der Waals surface area contributed by atoms with Crippen LogP contribution in [-0.4, -0.2) is 10.8 Å². The van der Waals surface area contributed by atoms with Gasteiger partial charge >= 0.3 is 0 Å². The van der Waals surface area contributed by atoms with Crippen LogP contribution in [0.2, 0.25) is 0 Å². The largest absolute Gasteiger partial charge is 0.360 e. The van der Waals surface area contributed by atoms with E-state index in [1.807, 2.05) is 24.3 Å². The van der Waals surface area contributed by atoms with Crippen molar-refractivity contribution in [2.75, 3.05) is 10.6 Å². The van der Waals surface area contributed by atoms with Crippen LogP contribution in [0.1, 0.15) is 0 Å². The van der Waals surface area contributed by atoms with Crippen molar-refractivity contribution in [1.82, 2.24) is 0 Å². The van der Waals surface area contributed by atoms with Gasteiger partial charge in [-0.15, -0.1) is 0 Å². The molecule has 0 bridgehead atoms. The van der Waals surface area contributed by atoms with Crippen LogP contribution in [-0.2, 0) is 4.79 Å². The molecule has 2 aromatic rings. The van der Waals surface area contributed by atoms with Gasteiger partial charge in [-0.2, -0.15) is 5.26 Å². The van der Waals surface area contributed by atoms with Crippen LogP contribution in [0.4, 0.5) is 17.1 Å². The van der Waals surface area contributed by atoms with Crippen molar-refractivity contribution >= 4 is 45.6 Å². The van der Waals surface area contributed by atoms with E-state index in [1.165, 1.54) is 30.5 Å². The summed E-state index contributed by atoms with van der Waals surface area (Å²) in [6.07, 6.45) is 1.29. The van der Waals surface area contributed by atoms with Crippen LogP contribution >= 0.6 is 22.6 Å². The molecule has 0 fully saturated rings. The zero-order chi connectivity index (χ0) is 17.5. The first kappa shape index (κ1) is 17.4. The molecule has 2 aromatic carbocycles. The Kier molecular flexibility index (Phi) is 5.86. The lowest BCUT2D eigenvalue weighted by atomic mass is 10.2. The normalized spacial score (nSPS) is 10.6. The van der Waals surface area contributed by atoms with E-state index < -0.39 is 10.8 Å². The molecule has 0 aliphatic heterocycles. The van der Waals surface area contributed by atoms with Crippen molar-refractivity contribution in [3.8, 4) is 6.07 Å². The van der Waals surface area contributed by atoms with Crippen LogP contribution in [0.5, 0.6) is 0 Å². The summed E-state index contributed by atoms with van der Waals surface area (Å²) < 4.78 is 1.06. The molecule has 0 saturated carbocycles. The van der Waals surface area contributed by atoms with E-state index in [9.17, 15) is 14.9 Å². The predicted octanol–water partition coefficient (Wildman–Crippen LogP) is 3.66. The highest BCUT2D eigenvalue weighted by atomic mass is 127. The molecule has 7 nitrogen and oxygen atoms in total. The first-order chi connectivity index (χ1) is 11.5. The lowest BCUT2D eigenvalue weighted by molar-refractivity contribution is -0.384. The van der Waals surface area contributed by atoms with Gasteiger partial charge in [-0.1, -0.05) is 6.07 Å². The van der Waals surface area contributed by atoms with Gasteiger partial charge in [-0.3, -0.25) is 14.9 Å². The van der Waals surface area contributed by atoms with Gasteiger partial charge < -0.3 is 10.6 Å². The number of rotatable bonds is 5. The Hall–Kier alpha value is -2.93. The van der Waals surface area contributed by atoms with E-state index in [2.05, 4.69) is 33.2 Å². The summed E-state index contributed by atoms with van der Waals surface area (Å²) in [5, 5.41) is 25.2. The summed E-state index contributed by atoms with van der Waals surface area (Å²) in [5.41, 5.74) is 0.670. The average Bonchev–Trinajstić information content (AvgIpc) is 2.57. The van der Waals surface area contributed by atoms with Gasteiger partial charge in [0.1, 0.15) is 11.6 Å². The summed E-state index contributed by atoms with van der Waals surface area (Å²) in [4.78, 5) is 22.3. The molecule has 0 radical (unpaired) electrons. The molecule has 0 atom stereocenters. The number of anilines is 2. The molecule has 2 rings (SSSR count). The Labute approximate surface area is 151 Å². The fourth-order valence-electron chi connectivity index (χ4n) is 1.75. The third kappa shape index (κ3) is 4.79. The molecule has 0 saturated heterocycles. The SMILES string of the molecule is N#C/C(=C/Nc1ccc(I)cc1)C(=O)Nc1cccc([N+](=O)[O-])c1. The second-order valence-electron chi connectivity index (χ2n) is 4.58. The van der Waals surface area contributed by atoms with Crippen LogP contribution in [0.15, 0.2) is 60.3 Å². The Bertz CT molecular complexity index is 841. The zero-order valence-electron chi connectivity index (χ0n) is 12.2. The van der Waals surface area contributed by atoms with Gasteiger partial charge in [0.15, 0.2) is 0 Å². The fourth-order valence-corrected chi connectivity index (χ4v) is 2.11. The van der Waals surface area contributed by atoms with Crippen molar-refractivity contribution in [1.29, 1.82) is 5.26 Å². The molecule has 120 valence electrons. The van der Waals surface area contributed by atoms with Crippen LogP contribution in [0.3, 0.4) is 0 Å². The summed E-state index contributed by atoms with van der Waals surface area (Å²) in [5.74, 6) is -0.656. The van der Waals surface area contributed by atoms with E-state index >= 15 is 0 Å². The standard InChI is InChI=1S/C16H11IN4O3/c17-12-4-6-13(7-5-12)19-10-11(9-18)16(22)20-14-2-1-3-15(8-14)21(23)24/h1-8,10,19H,(H,20,22)/b11-10-. The molecule has 0 aliphatic rings. The summed E-state index contributed by atoms with van der Waals surface area (Å²) >= 11 is 2.17. The minimum atomic E-state index is -0.656. The number of nitro groups is 1. The number of nitriles is 1. The topological polar surface area (TPSA) is 108 Å². The number of nitrogens with zero attached hydrogens (tertiary/aromatic N) is 2. The quantitative estimate of drug-likeness (QED) is 0.246. The third-order valence-corrected chi connectivity index (χ3v) is 3.63. The average molecular weight is 434 g/mol. The highest BCUT2D eigenvalue weighted by molar-refractivity contribution is 14.1. The molecular weight excluding hydrogens is 423 g/mol. The Morgan fingerprint density at radius 3 is 2.54 bits per heavy atom. The summed E-state index contributed by atoms with van der Waals surface area (Å²) in [7, 11) is 0. The number of hydrogen-bond acceptors (Lipinski definition) is 5. The number of amides is 1. The molecule has 2 N–H and O–H groups in total. The molecular formula is C16H11IN4O3. The number of carbonyl (C=O) groups excluding carboxylic acids is 1. The number of carbonyl (C=O) groups is 1. The van der Waals surface area contributed by atoms with Crippen molar-refractivity contribution in [2.45, 2.75) is 0 Å². The van der Waals surface area contributed by atoms with Gasteiger partial charge in [0, 0.05) is 33.3 Å². The molecule has 0 unspecified atom stereocenters. The molecule has 8 heteroatoms. The van der Waals surface area contributed by atoms with Gasteiger partial charge in [0.05, 0.1) is 4.92 Å². The van der Waals surface area contributed by atoms with Crippen molar-refractivity contribution < 1.29 is 9.72 Å². The molecule has 1 amide bonds. The number of benzene rings is 2. The van der Waals surface area contributed by atoms with Gasteiger partial charge in [0.2, 0.25) is 0 Å². The maximum atomic E-state index is 12.1. The smallest absolute Gasteiger partial charge is 0.271 e. The Morgan fingerprint density at radius 1 is 1.21 bits per heavy atom. The van der Waals surface area contributed by atoms with Gasteiger partial charge in [0.25, 0.3) is 11.6 Å². The minimum Gasteiger partial charge on any atom is -0.360 e. The van der Waals surface area contributed by atoms with Crippen LogP contribution < -0.4 is 10.6 Å². The minimum absolute atomic E-state index is 0.146. The van der Waals surface area contributed by atoms with Gasteiger partial charge in [-0.25, -0.2) is 0 Å². The van der Waals surface area contributed by atoms with Crippen molar-refractivity contribution in [2.24, 2.45) is 0 Å². The van der Waals surface area contributed by atoms with Crippen LogP contribution in [0, 0.1) is 25.0 Å². The van der Waals surface area contributed by atoms with Gasteiger partial charge in [-0.05, 0) is 52.9 Å². The molecule has 0 heterocycles. The van der Waals surface area contributed by atoms with E-state index in [4.69, 9.17) is 5.26 Å². The monoisotopic (exact) mass is 434 g/mol.